The van der Waals surface area contributed by atoms with Crippen LogP contribution in [0.3, 0.4) is 0 Å². The maximum absolute atomic E-state index is 10.5. The Morgan fingerprint density at radius 3 is 2.62 bits per heavy atom. The maximum Gasteiger partial charge on any atom is 0.151 e. The quantitative estimate of drug-likeness (QED) is 0.607. The van der Waals surface area contributed by atoms with Crippen LogP contribution >= 0.6 is 27.7 Å². The van der Waals surface area contributed by atoms with Gasteiger partial charge in [-0.1, -0.05) is 29.8 Å². The molecule has 1 aromatic carbocycles. The lowest BCUT2D eigenvalue weighted by Crippen LogP contribution is -1.87. The summed E-state index contributed by atoms with van der Waals surface area (Å²) in [5.41, 5.74) is 0.702. The van der Waals surface area contributed by atoms with E-state index in [2.05, 4.69) is 29.8 Å². The Balaban J connectivity index is 2.89. The Morgan fingerprint density at radius 2 is 2.15 bits per heavy atom. The van der Waals surface area contributed by atoms with E-state index in [0.717, 1.165) is 10.8 Å². The minimum absolute atomic E-state index is 0.564. The third-order valence-corrected chi connectivity index (χ3v) is 3.15. The topological polar surface area (TPSA) is 17.1 Å². The molecule has 0 aliphatic carbocycles. The van der Waals surface area contributed by atoms with Gasteiger partial charge in [0.05, 0.1) is 0 Å². The Labute approximate surface area is 91.0 Å². The average molecular weight is 259 g/mol. The molecular formula is C10H11BrOS. The lowest BCUT2D eigenvalue weighted by Gasteiger charge is -2.05. The van der Waals surface area contributed by atoms with Crippen LogP contribution in [-0.2, 0) is 0 Å². The number of hydrogen-bond donors (Lipinski definition) is 0. The Morgan fingerprint density at radius 1 is 1.46 bits per heavy atom. The number of rotatable bonds is 3. The van der Waals surface area contributed by atoms with Gasteiger partial charge in [0.1, 0.15) is 0 Å². The van der Waals surface area contributed by atoms with Crippen molar-refractivity contribution in [2.24, 2.45) is 0 Å². The van der Waals surface area contributed by atoms with Crippen LogP contribution in [0, 0.1) is 0 Å². The van der Waals surface area contributed by atoms with Gasteiger partial charge in [0.15, 0.2) is 6.29 Å². The van der Waals surface area contributed by atoms with Crippen molar-refractivity contribution in [3.63, 3.8) is 0 Å². The highest BCUT2D eigenvalue weighted by Crippen LogP contribution is 2.27. The summed E-state index contributed by atoms with van der Waals surface area (Å²) >= 11 is 5.14. The SMILES string of the molecule is CC(C)Sc1ccc(C=O)c(Br)c1. The van der Waals surface area contributed by atoms with Gasteiger partial charge in [0.25, 0.3) is 0 Å². The molecule has 0 spiro atoms. The van der Waals surface area contributed by atoms with Gasteiger partial charge >= 0.3 is 0 Å². The highest BCUT2D eigenvalue weighted by Gasteiger charge is 2.02. The molecule has 0 aromatic heterocycles. The lowest BCUT2D eigenvalue weighted by atomic mass is 10.2. The molecule has 1 aromatic rings. The normalized spacial score (nSPS) is 10.5. The third kappa shape index (κ3) is 3.16. The van der Waals surface area contributed by atoms with Crippen molar-refractivity contribution in [1.82, 2.24) is 0 Å². The van der Waals surface area contributed by atoms with Gasteiger partial charge in [0.2, 0.25) is 0 Å². The predicted octanol–water partition coefficient (Wildman–Crippen LogP) is 3.76. The van der Waals surface area contributed by atoms with Gasteiger partial charge < -0.3 is 0 Å². The zero-order valence-corrected chi connectivity index (χ0v) is 9.98. The van der Waals surface area contributed by atoms with Crippen molar-refractivity contribution in [2.45, 2.75) is 24.0 Å². The molecule has 0 saturated heterocycles. The second-order valence-corrected chi connectivity index (χ2v) is 5.47. The van der Waals surface area contributed by atoms with Gasteiger partial charge in [-0.15, -0.1) is 11.8 Å². The first-order chi connectivity index (χ1) is 6.13. The number of carbonyl (C=O) groups is 1. The van der Waals surface area contributed by atoms with E-state index < -0.39 is 0 Å². The molecule has 0 N–H and O–H groups in total. The first-order valence-corrected chi connectivity index (χ1v) is 5.72. The fourth-order valence-corrected chi connectivity index (χ4v) is 2.45. The molecule has 0 saturated carbocycles. The summed E-state index contributed by atoms with van der Waals surface area (Å²) in [5, 5.41) is 0.564. The number of hydrogen-bond acceptors (Lipinski definition) is 2. The molecular weight excluding hydrogens is 248 g/mol. The molecule has 0 aliphatic heterocycles. The lowest BCUT2D eigenvalue weighted by molar-refractivity contribution is 0.112. The highest BCUT2D eigenvalue weighted by molar-refractivity contribution is 9.10. The van der Waals surface area contributed by atoms with E-state index in [1.54, 1.807) is 11.8 Å². The molecule has 0 aliphatic rings. The fourth-order valence-electron chi connectivity index (χ4n) is 0.949. The number of aldehydes is 1. The van der Waals surface area contributed by atoms with Crippen LogP contribution in [-0.4, -0.2) is 11.5 Å². The smallest absolute Gasteiger partial charge is 0.151 e. The average Bonchev–Trinajstić information content (AvgIpc) is 2.03. The molecule has 70 valence electrons. The molecule has 0 heterocycles. The van der Waals surface area contributed by atoms with Crippen molar-refractivity contribution in [1.29, 1.82) is 0 Å². The maximum atomic E-state index is 10.5. The van der Waals surface area contributed by atoms with Crippen LogP contribution in [0.4, 0.5) is 0 Å². The predicted molar refractivity (Wildman–Crippen MR) is 60.5 cm³/mol. The molecule has 0 unspecified atom stereocenters. The number of thioether (sulfide) groups is 1. The summed E-state index contributed by atoms with van der Waals surface area (Å²) in [4.78, 5) is 11.7. The summed E-state index contributed by atoms with van der Waals surface area (Å²) in [7, 11) is 0. The zero-order chi connectivity index (χ0) is 9.84. The Bertz CT molecular complexity index is 310. The molecule has 0 radical (unpaired) electrons. The summed E-state index contributed by atoms with van der Waals surface area (Å²) in [6, 6.07) is 5.79. The molecule has 0 fully saturated rings. The van der Waals surface area contributed by atoms with Crippen LogP contribution < -0.4 is 0 Å². The van der Waals surface area contributed by atoms with Crippen LogP contribution in [0.5, 0.6) is 0 Å². The van der Waals surface area contributed by atoms with Crippen molar-refractivity contribution >= 4 is 34.0 Å². The van der Waals surface area contributed by atoms with Gasteiger partial charge in [0, 0.05) is 20.2 Å². The number of halogens is 1. The highest BCUT2D eigenvalue weighted by atomic mass is 79.9. The molecule has 1 rings (SSSR count). The summed E-state index contributed by atoms with van der Waals surface area (Å²) in [5.74, 6) is 0. The van der Waals surface area contributed by atoms with Crippen LogP contribution in [0.2, 0.25) is 0 Å². The first-order valence-electron chi connectivity index (χ1n) is 4.05. The van der Waals surface area contributed by atoms with E-state index in [-0.39, 0.29) is 0 Å². The van der Waals surface area contributed by atoms with Gasteiger partial charge in [-0.3, -0.25) is 4.79 Å². The summed E-state index contributed by atoms with van der Waals surface area (Å²) in [6.45, 7) is 4.29. The largest absolute Gasteiger partial charge is 0.298 e. The fraction of sp³-hybridized carbons (Fsp3) is 0.300. The van der Waals surface area contributed by atoms with Crippen molar-refractivity contribution < 1.29 is 4.79 Å². The minimum Gasteiger partial charge on any atom is -0.298 e. The van der Waals surface area contributed by atoms with Gasteiger partial charge in [-0.25, -0.2) is 0 Å². The first kappa shape index (κ1) is 10.8. The second-order valence-electron chi connectivity index (χ2n) is 2.97. The molecule has 0 bridgehead atoms. The van der Waals surface area contributed by atoms with Crippen LogP contribution in [0.25, 0.3) is 0 Å². The molecule has 0 atom stereocenters. The summed E-state index contributed by atoms with van der Waals surface area (Å²) < 4.78 is 0.869. The van der Waals surface area contributed by atoms with Crippen molar-refractivity contribution in [2.75, 3.05) is 0 Å². The molecule has 13 heavy (non-hydrogen) atoms. The zero-order valence-electron chi connectivity index (χ0n) is 7.58. The Hall–Kier alpha value is -0.280. The van der Waals surface area contributed by atoms with Crippen molar-refractivity contribution in [3.8, 4) is 0 Å². The third-order valence-electron chi connectivity index (χ3n) is 1.47. The second kappa shape index (κ2) is 4.82. The van der Waals surface area contributed by atoms with Crippen molar-refractivity contribution in [3.05, 3.63) is 28.2 Å². The minimum atomic E-state index is 0.564. The van der Waals surface area contributed by atoms with E-state index in [0.29, 0.717) is 10.8 Å². The van der Waals surface area contributed by atoms with Gasteiger partial charge in [-0.05, 0) is 18.2 Å². The molecule has 1 nitrogen and oxygen atoms in total. The number of carbonyl (C=O) groups excluding carboxylic acids is 1. The van der Waals surface area contributed by atoms with Gasteiger partial charge in [-0.2, -0.15) is 0 Å². The van der Waals surface area contributed by atoms with E-state index in [1.807, 2.05) is 18.2 Å². The molecule has 3 heteroatoms. The van der Waals surface area contributed by atoms with E-state index in [1.165, 1.54) is 4.90 Å². The van der Waals surface area contributed by atoms with Crippen LogP contribution in [0.1, 0.15) is 24.2 Å². The number of benzene rings is 1. The van der Waals surface area contributed by atoms with E-state index >= 15 is 0 Å². The Kier molecular flexibility index (Phi) is 4.00. The monoisotopic (exact) mass is 258 g/mol. The molecule has 0 amide bonds. The standard InChI is InChI=1S/C10H11BrOS/c1-7(2)13-9-4-3-8(6-12)10(11)5-9/h3-7H,1-2H3. The summed E-state index contributed by atoms with van der Waals surface area (Å²) in [6.07, 6.45) is 0.855. The van der Waals surface area contributed by atoms with Crippen LogP contribution in [0.15, 0.2) is 27.6 Å². The van der Waals surface area contributed by atoms with E-state index in [4.69, 9.17) is 0 Å². The van der Waals surface area contributed by atoms with E-state index in [9.17, 15) is 4.79 Å².